The molecule has 0 atom stereocenters. The molecular formula is C18H30Cl2N4O. The lowest BCUT2D eigenvalue weighted by Gasteiger charge is -2.32. The maximum absolute atomic E-state index is 5.96. The molecule has 0 unspecified atom stereocenters. The fraction of sp³-hybridized carbons (Fsp3) is 0.778. The Hall–Kier alpha value is -0.620. The molecule has 0 bridgehead atoms. The van der Waals surface area contributed by atoms with E-state index in [1.54, 1.807) is 7.11 Å². The second kappa shape index (κ2) is 8.38. The Bertz CT molecular complexity index is 574. The van der Waals surface area contributed by atoms with Crippen LogP contribution in [0.1, 0.15) is 62.4 Å². The molecule has 4 rings (SSSR count). The quantitative estimate of drug-likeness (QED) is 0.855. The van der Waals surface area contributed by atoms with Crippen LogP contribution in [0.25, 0.3) is 0 Å². The summed E-state index contributed by atoms with van der Waals surface area (Å²) < 4.78 is 5.28. The van der Waals surface area contributed by atoms with Gasteiger partial charge in [0.25, 0.3) is 0 Å². The highest BCUT2D eigenvalue weighted by molar-refractivity contribution is 5.85. The number of nitrogens with two attached hydrogens (primary N) is 1. The molecule has 0 amide bonds. The van der Waals surface area contributed by atoms with Crippen LogP contribution < -0.4 is 10.6 Å². The van der Waals surface area contributed by atoms with Crippen LogP contribution >= 0.6 is 24.8 Å². The van der Waals surface area contributed by atoms with Crippen molar-refractivity contribution in [1.82, 2.24) is 9.97 Å². The van der Waals surface area contributed by atoms with Crippen molar-refractivity contribution in [2.24, 2.45) is 11.1 Å². The number of methoxy groups -OCH3 is 1. The van der Waals surface area contributed by atoms with Crippen LogP contribution in [0, 0.1) is 5.41 Å². The minimum Gasteiger partial charge on any atom is -0.377 e. The highest BCUT2D eigenvalue weighted by Crippen LogP contribution is 2.46. The summed E-state index contributed by atoms with van der Waals surface area (Å²) in [6.45, 7) is 2.78. The maximum Gasteiger partial charge on any atom is 0.156 e. The van der Waals surface area contributed by atoms with E-state index in [9.17, 15) is 0 Å². The normalized spacial score (nSPS) is 26.9. The van der Waals surface area contributed by atoms with Gasteiger partial charge in [-0.3, -0.25) is 0 Å². The zero-order chi connectivity index (χ0) is 15.9. The Kier molecular flexibility index (Phi) is 6.94. The maximum atomic E-state index is 5.96. The van der Waals surface area contributed by atoms with Gasteiger partial charge in [-0.15, -0.1) is 24.8 Å². The van der Waals surface area contributed by atoms with Gasteiger partial charge in [-0.1, -0.05) is 12.8 Å². The van der Waals surface area contributed by atoms with Gasteiger partial charge in [-0.2, -0.15) is 0 Å². The minimum atomic E-state index is 0. The van der Waals surface area contributed by atoms with Crippen molar-refractivity contribution < 1.29 is 4.74 Å². The Balaban J connectivity index is 0.00000113. The van der Waals surface area contributed by atoms with E-state index in [2.05, 4.69) is 11.0 Å². The molecule has 25 heavy (non-hydrogen) atoms. The molecule has 1 aromatic heterocycles. The van der Waals surface area contributed by atoms with Gasteiger partial charge < -0.3 is 15.4 Å². The SMILES string of the molecule is COCc1nc(C2CC(N)C2)cc(N2CCC3(CCCC3)C2)n1.Cl.Cl. The molecule has 5 nitrogen and oxygen atoms in total. The molecular weight excluding hydrogens is 359 g/mol. The highest BCUT2D eigenvalue weighted by Gasteiger charge is 2.41. The van der Waals surface area contributed by atoms with Crippen molar-refractivity contribution in [2.75, 3.05) is 25.1 Å². The zero-order valence-corrected chi connectivity index (χ0v) is 16.6. The first-order valence-electron chi connectivity index (χ1n) is 9.05. The van der Waals surface area contributed by atoms with Gasteiger partial charge in [-0.25, -0.2) is 9.97 Å². The van der Waals surface area contributed by atoms with Gasteiger partial charge in [0.05, 0.1) is 0 Å². The van der Waals surface area contributed by atoms with Crippen LogP contribution in [0.3, 0.4) is 0 Å². The molecule has 1 aromatic rings. The molecule has 2 heterocycles. The van der Waals surface area contributed by atoms with Crippen LogP contribution in [-0.2, 0) is 11.3 Å². The molecule has 7 heteroatoms. The first-order chi connectivity index (χ1) is 11.2. The lowest BCUT2D eigenvalue weighted by molar-refractivity contribution is 0.177. The van der Waals surface area contributed by atoms with E-state index < -0.39 is 0 Å². The van der Waals surface area contributed by atoms with E-state index >= 15 is 0 Å². The first kappa shape index (κ1) is 20.7. The summed E-state index contributed by atoms with van der Waals surface area (Å²) in [4.78, 5) is 12.0. The average molecular weight is 389 g/mol. The van der Waals surface area contributed by atoms with Crippen LogP contribution in [0.15, 0.2) is 6.07 Å². The number of hydrogen-bond donors (Lipinski definition) is 1. The molecule has 0 aromatic carbocycles. The van der Waals surface area contributed by atoms with Crippen molar-refractivity contribution in [2.45, 2.75) is 63.5 Å². The molecule has 3 fully saturated rings. The topological polar surface area (TPSA) is 64.3 Å². The number of rotatable bonds is 4. The van der Waals surface area contributed by atoms with Gasteiger partial charge in [0.1, 0.15) is 12.4 Å². The molecule has 3 aliphatic rings. The van der Waals surface area contributed by atoms with Crippen molar-refractivity contribution in [3.63, 3.8) is 0 Å². The molecule has 1 aliphatic heterocycles. The molecule has 142 valence electrons. The molecule has 2 aliphatic carbocycles. The summed E-state index contributed by atoms with van der Waals surface area (Å²) in [7, 11) is 1.71. The predicted molar refractivity (Wildman–Crippen MR) is 105 cm³/mol. The largest absolute Gasteiger partial charge is 0.377 e. The third kappa shape index (κ3) is 4.21. The number of aromatic nitrogens is 2. The fourth-order valence-corrected chi connectivity index (χ4v) is 4.63. The van der Waals surface area contributed by atoms with Crippen LogP contribution in [0.4, 0.5) is 5.82 Å². The summed E-state index contributed by atoms with van der Waals surface area (Å²) in [5.41, 5.74) is 7.69. The average Bonchev–Trinajstić information content (AvgIpc) is 3.15. The summed E-state index contributed by atoms with van der Waals surface area (Å²) in [6.07, 6.45) is 9.00. The van der Waals surface area contributed by atoms with Gasteiger partial charge in [0, 0.05) is 43.9 Å². The second-order valence-electron chi connectivity index (χ2n) is 7.81. The summed E-state index contributed by atoms with van der Waals surface area (Å²) in [5, 5.41) is 0. The molecule has 2 saturated carbocycles. The standard InChI is InChI=1S/C18H28N4O.2ClH/c1-23-11-16-20-15(13-8-14(19)9-13)10-17(21-16)22-7-6-18(12-22)4-2-3-5-18;;/h10,13-14H,2-9,11-12,19H2,1H3;2*1H. The number of halogens is 2. The number of ether oxygens (including phenoxy) is 1. The lowest BCUT2D eigenvalue weighted by atomic mass is 9.78. The van der Waals surface area contributed by atoms with Crippen LogP contribution in [0.2, 0.25) is 0 Å². The Morgan fingerprint density at radius 2 is 1.92 bits per heavy atom. The van der Waals surface area contributed by atoms with Gasteiger partial charge >= 0.3 is 0 Å². The van der Waals surface area contributed by atoms with E-state index in [-0.39, 0.29) is 24.8 Å². The van der Waals surface area contributed by atoms with Crippen molar-refractivity contribution in [3.8, 4) is 0 Å². The second-order valence-corrected chi connectivity index (χ2v) is 7.81. The van der Waals surface area contributed by atoms with E-state index in [4.69, 9.17) is 20.4 Å². The molecule has 2 N–H and O–H groups in total. The van der Waals surface area contributed by atoms with Crippen LogP contribution in [-0.4, -0.2) is 36.2 Å². The number of anilines is 1. The van der Waals surface area contributed by atoms with Gasteiger partial charge in [-0.05, 0) is 37.5 Å². The highest BCUT2D eigenvalue weighted by atomic mass is 35.5. The summed E-state index contributed by atoms with van der Waals surface area (Å²) >= 11 is 0. The third-order valence-corrected chi connectivity index (χ3v) is 6.07. The number of hydrogen-bond acceptors (Lipinski definition) is 5. The van der Waals surface area contributed by atoms with E-state index in [1.165, 1.54) is 38.6 Å². The zero-order valence-electron chi connectivity index (χ0n) is 14.9. The first-order valence-corrected chi connectivity index (χ1v) is 9.05. The van der Waals surface area contributed by atoms with E-state index in [1.807, 2.05) is 0 Å². The lowest BCUT2D eigenvalue weighted by Crippen LogP contribution is -2.35. The fourth-order valence-electron chi connectivity index (χ4n) is 4.63. The summed E-state index contributed by atoms with van der Waals surface area (Å²) in [6, 6.07) is 2.56. The van der Waals surface area contributed by atoms with Crippen molar-refractivity contribution in [1.29, 1.82) is 0 Å². The minimum absolute atomic E-state index is 0. The Labute approximate surface area is 162 Å². The Morgan fingerprint density at radius 1 is 1.20 bits per heavy atom. The molecule has 1 spiro atoms. The van der Waals surface area contributed by atoms with E-state index in [0.717, 1.165) is 36.7 Å². The van der Waals surface area contributed by atoms with Crippen LogP contribution in [0.5, 0.6) is 0 Å². The van der Waals surface area contributed by atoms with Crippen molar-refractivity contribution in [3.05, 3.63) is 17.6 Å². The monoisotopic (exact) mass is 388 g/mol. The smallest absolute Gasteiger partial charge is 0.156 e. The molecule has 1 saturated heterocycles. The summed E-state index contributed by atoms with van der Waals surface area (Å²) in [5.74, 6) is 2.42. The predicted octanol–water partition coefficient (Wildman–Crippen LogP) is 3.44. The number of nitrogens with zero attached hydrogens (tertiary/aromatic N) is 3. The third-order valence-electron chi connectivity index (χ3n) is 6.07. The van der Waals surface area contributed by atoms with Crippen molar-refractivity contribution >= 4 is 30.6 Å². The Morgan fingerprint density at radius 3 is 2.56 bits per heavy atom. The molecule has 0 radical (unpaired) electrons. The van der Waals surface area contributed by atoms with Gasteiger partial charge in [0.2, 0.25) is 0 Å². The van der Waals surface area contributed by atoms with E-state index in [0.29, 0.717) is 24.0 Å². The van der Waals surface area contributed by atoms with Gasteiger partial charge in [0.15, 0.2) is 5.82 Å².